The van der Waals surface area contributed by atoms with Crippen molar-refractivity contribution >= 4 is 84.1 Å². The molecule has 1 aliphatic carbocycles. The number of nitrogens with zero attached hydrogens (tertiary/aromatic N) is 2. The molecular formula is C27H14N2O2SSe2. The van der Waals surface area contributed by atoms with Crippen LogP contribution < -0.4 is 4.90 Å². The number of carbonyl (C=O) groups excluding carboxylic acids is 2. The second-order valence-corrected chi connectivity index (χ2v) is 13.3. The van der Waals surface area contributed by atoms with Crippen molar-refractivity contribution < 1.29 is 9.59 Å². The molecule has 0 radical (unpaired) electrons. The Hall–Kier alpha value is -2.92. The van der Waals surface area contributed by atoms with E-state index in [1.165, 1.54) is 9.16 Å². The van der Waals surface area contributed by atoms with Gasteiger partial charge in [0.15, 0.2) is 0 Å². The van der Waals surface area contributed by atoms with E-state index in [4.69, 9.17) is 0 Å². The van der Waals surface area contributed by atoms with Crippen LogP contribution in [0.15, 0.2) is 93.2 Å². The van der Waals surface area contributed by atoms with E-state index in [0.29, 0.717) is 11.1 Å². The number of pyridine rings is 1. The summed E-state index contributed by atoms with van der Waals surface area (Å²) in [5.41, 5.74) is 2.49. The molecule has 7 rings (SSSR count). The number of rotatable bonds is 2. The Labute approximate surface area is 211 Å². The average Bonchev–Trinajstić information content (AvgIpc) is 3.57. The van der Waals surface area contributed by atoms with Gasteiger partial charge in [0.1, 0.15) is 0 Å². The fraction of sp³-hybridized carbons (Fsp3) is 0. The molecule has 2 aromatic carbocycles. The summed E-state index contributed by atoms with van der Waals surface area (Å²) in [6, 6.07) is 22.4. The predicted molar refractivity (Wildman–Crippen MR) is 138 cm³/mol. The maximum atomic E-state index is 13.1. The van der Waals surface area contributed by atoms with Gasteiger partial charge < -0.3 is 0 Å². The van der Waals surface area contributed by atoms with Gasteiger partial charge in [-0.25, -0.2) is 0 Å². The number of aromatic nitrogens is 1. The predicted octanol–water partition coefficient (Wildman–Crippen LogP) is 5.75. The van der Waals surface area contributed by atoms with E-state index in [0.717, 1.165) is 30.8 Å². The molecule has 2 aliphatic rings. The number of hydrogen-bond acceptors (Lipinski definition) is 5. The van der Waals surface area contributed by atoms with Crippen molar-refractivity contribution in [3.63, 3.8) is 0 Å². The van der Waals surface area contributed by atoms with Crippen LogP contribution >= 0.6 is 11.8 Å². The van der Waals surface area contributed by atoms with E-state index in [9.17, 15) is 9.59 Å². The summed E-state index contributed by atoms with van der Waals surface area (Å²) in [4.78, 5) is 37.6. The van der Waals surface area contributed by atoms with Gasteiger partial charge in [-0.1, -0.05) is 0 Å². The van der Waals surface area contributed by atoms with Gasteiger partial charge in [0.25, 0.3) is 0 Å². The van der Waals surface area contributed by atoms with E-state index < -0.39 is 0 Å². The normalized spacial score (nSPS) is 15.6. The summed E-state index contributed by atoms with van der Waals surface area (Å²) in [7, 11) is 0. The molecule has 1 aliphatic heterocycles. The van der Waals surface area contributed by atoms with Gasteiger partial charge in [-0.3, -0.25) is 0 Å². The number of carbonyl (C=O) groups is 2. The summed E-state index contributed by atoms with van der Waals surface area (Å²) in [5, 5.41) is 1.07. The molecule has 0 fully saturated rings. The summed E-state index contributed by atoms with van der Waals surface area (Å²) in [5.74, 6) is 0.612. The van der Waals surface area contributed by atoms with E-state index >= 15 is 0 Å². The second-order valence-electron chi connectivity index (χ2n) is 7.98. The van der Waals surface area contributed by atoms with Crippen LogP contribution in [0.2, 0.25) is 0 Å². The number of Topliss-reactive ketones (excluding diaryl/α,β-unsaturated/α-hetero) is 2. The zero-order chi connectivity index (χ0) is 22.8. The van der Waals surface area contributed by atoms with Crippen LogP contribution in [-0.4, -0.2) is 45.6 Å². The molecule has 0 amide bonds. The van der Waals surface area contributed by atoms with Crippen LogP contribution in [0.1, 0.15) is 25.2 Å². The minimum atomic E-state index is -0.160. The zero-order valence-electron chi connectivity index (χ0n) is 17.5. The van der Waals surface area contributed by atoms with E-state index in [-0.39, 0.29) is 46.1 Å². The van der Waals surface area contributed by atoms with E-state index in [1.54, 1.807) is 11.8 Å². The fourth-order valence-corrected chi connectivity index (χ4v) is 9.16. The molecule has 3 aromatic heterocycles. The Kier molecular flexibility index (Phi) is 4.70. The first kappa shape index (κ1) is 20.5. The van der Waals surface area contributed by atoms with Gasteiger partial charge in [0.2, 0.25) is 0 Å². The van der Waals surface area contributed by atoms with Crippen molar-refractivity contribution in [3.8, 4) is 0 Å². The first-order chi connectivity index (χ1) is 16.7. The Balaban J connectivity index is 1.30. The summed E-state index contributed by atoms with van der Waals surface area (Å²) in [6.07, 6.45) is 3.63. The molecule has 0 atom stereocenters. The van der Waals surface area contributed by atoms with Gasteiger partial charge in [-0.15, -0.1) is 0 Å². The number of para-hydroxylation sites is 1. The van der Waals surface area contributed by atoms with Crippen molar-refractivity contribution in [1.29, 1.82) is 0 Å². The first-order valence-electron chi connectivity index (χ1n) is 10.6. The van der Waals surface area contributed by atoms with Crippen LogP contribution in [0.5, 0.6) is 0 Å². The minimum absolute atomic E-state index is 0.0696. The third kappa shape index (κ3) is 3.09. The van der Waals surface area contributed by atoms with Crippen molar-refractivity contribution in [2.45, 2.75) is 9.79 Å². The molecule has 0 unspecified atom stereocenters. The van der Waals surface area contributed by atoms with Crippen LogP contribution in [0.4, 0.5) is 16.1 Å². The van der Waals surface area contributed by atoms with Crippen LogP contribution in [0.3, 0.4) is 0 Å². The van der Waals surface area contributed by atoms with Crippen molar-refractivity contribution in [2.24, 2.45) is 0 Å². The number of hydrogen-bond donors (Lipinski definition) is 0. The molecule has 34 heavy (non-hydrogen) atoms. The van der Waals surface area contributed by atoms with Gasteiger partial charge in [-0.05, 0) is 0 Å². The Morgan fingerprint density at radius 2 is 1.71 bits per heavy atom. The summed E-state index contributed by atoms with van der Waals surface area (Å²) < 4.78 is 3.32. The van der Waals surface area contributed by atoms with Gasteiger partial charge >= 0.3 is 212 Å². The Bertz CT molecular complexity index is 1600. The SMILES string of the molecule is O=C1/C(=C\c2ccc(N3c4ccccc4Sc4cccnc43)[se]2)C(=O)c2cc3[se]ccc3cc21. The molecule has 162 valence electrons. The molecule has 4 heterocycles. The van der Waals surface area contributed by atoms with Crippen LogP contribution in [0, 0.1) is 0 Å². The standard InChI is InChI=1S/C27H14N2O2SSe2/c30-25-17-12-15-9-11-33-23(15)14-18(17)26(31)19(25)13-16-7-8-24(34-16)29-20-4-1-2-5-21(20)32-22-6-3-10-28-27(22)29/h1-14H/b19-13+. The van der Waals surface area contributed by atoms with Gasteiger partial charge in [-0.2, -0.15) is 0 Å². The molecule has 0 N–H and O–H groups in total. The quantitative estimate of drug-likeness (QED) is 0.147. The number of ketones is 2. The van der Waals surface area contributed by atoms with Crippen molar-refractivity contribution in [3.05, 3.63) is 99.0 Å². The molecule has 0 bridgehead atoms. The number of fused-ring (bicyclic) bond motifs is 4. The summed E-state index contributed by atoms with van der Waals surface area (Å²) >= 11 is 1.90. The number of anilines is 3. The average molecular weight is 588 g/mol. The molecule has 4 nitrogen and oxygen atoms in total. The van der Waals surface area contributed by atoms with E-state index in [1.807, 2.05) is 42.6 Å². The number of benzene rings is 2. The maximum absolute atomic E-state index is 13.1. The zero-order valence-corrected chi connectivity index (χ0v) is 21.8. The topological polar surface area (TPSA) is 50.3 Å². The van der Waals surface area contributed by atoms with Crippen LogP contribution in [-0.2, 0) is 0 Å². The summed E-state index contributed by atoms with van der Waals surface area (Å²) in [6.45, 7) is 0. The molecule has 0 saturated heterocycles. The third-order valence-corrected chi connectivity index (χ3v) is 11.1. The Morgan fingerprint density at radius 3 is 2.62 bits per heavy atom. The fourth-order valence-electron chi connectivity index (χ4n) is 4.41. The van der Waals surface area contributed by atoms with Crippen LogP contribution in [0.25, 0.3) is 15.7 Å². The molecule has 5 aromatic rings. The molecule has 7 heteroatoms. The van der Waals surface area contributed by atoms with Gasteiger partial charge in [0.05, 0.1) is 0 Å². The third-order valence-electron chi connectivity index (χ3n) is 5.98. The first-order valence-corrected chi connectivity index (χ1v) is 15.0. The van der Waals surface area contributed by atoms with Crippen molar-refractivity contribution in [1.82, 2.24) is 4.98 Å². The molecular weight excluding hydrogens is 574 g/mol. The molecule has 0 spiro atoms. The van der Waals surface area contributed by atoms with Crippen molar-refractivity contribution in [2.75, 3.05) is 4.90 Å². The second kappa shape index (κ2) is 7.81. The number of allylic oxidation sites excluding steroid dienone is 1. The Morgan fingerprint density at radius 1 is 0.882 bits per heavy atom. The molecule has 0 saturated carbocycles. The monoisotopic (exact) mass is 590 g/mol. The van der Waals surface area contributed by atoms with E-state index in [2.05, 4.69) is 51.2 Å². The van der Waals surface area contributed by atoms with Gasteiger partial charge in [0, 0.05) is 0 Å².